The van der Waals surface area contributed by atoms with Crippen LogP contribution in [0.5, 0.6) is 0 Å². The largest absolute Gasteiger partial charge is 0.326 e. The van der Waals surface area contributed by atoms with Gasteiger partial charge in [-0.2, -0.15) is 4.31 Å². The van der Waals surface area contributed by atoms with Gasteiger partial charge in [-0.1, -0.05) is 6.07 Å². The highest BCUT2D eigenvalue weighted by molar-refractivity contribution is 7.89. The molecule has 0 atom stereocenters. The van der Waals surface area contributed by atoms with Crippen LogP contribution in [0, 0.1) is 0 Å². The number of aromatic nitrogens is 1. The van der Waals surface area contributed by atoms with Crippen molar-refractivity contribution in [3.8, 4) is 0 Å². The lowest BCUT2D eigenvalue weighted by molar-refractivity contribution is 0.0921. The molecular weight excluding hydrogens is 288 g/mol. The minimum Gasteiger partial charge on any atom is -0.326 e. The fourth-order valence-corrected chi connectivity index (χ4v) is 3.75. The zero-order valence-electron chi connectivity index (χ0n) is 12.9. The van der Waals surface area contributed by atoms with Crippen LogP contribution in [0.25, 0.3) is 0 Å². The van der Waals surface area contributed by atoms with Crippen molar-refractivity contribution in [2.45, 2.75) is 37.9 Å². The molecule has 118 valence electrons. The molecule has 2 heterocycles. The van der Waals surface area contributed by atoms with E-state index < -0.39 is 10.0 Å². The Kier molecular flexibility index (Phi) is 4.67. The predicted octanol–water partition coefficient (Wildman–Crippen LogP) is 0.645. The summed E-state index contributed by atoms with van der Waals surface area (Å²) in [6.07, 6.45) is 1.53. The molecule has 7 heteroatoms. The summed E-state index contributed by atoms with van der Waals surface area (Å²) in [4.78, 5) is 6.34. The summed E-state index contributed by atoms with van der Waals surface area (Å²) in [5.74, 6) is 0. The maximum atomic E-state index is 12.6. The summed E-state index contributed by atoms with van der Waals surface area (Å²) >= 11 is 0. The normalized spacial score (nSPS) is 18.9. The lowest BCUT2D eigenvalue weighted by Crippen LogP contribution is -2.54. The first kappa shape index (κ1) is 16.4. The van der Waals surface area contributed by atoms with Crippen molar-refractivity contribution in [3.63, 3.8) is 0 Å². The fraction of sp³-hybridized carbons (Fsp3) is 0.643. The molecule has 21 heavy (non-hydrogen) atoms. The second-order valence-corrected chi connectivity index (χ2v) is 8.16. The summed E-state index contributed by atoms with van der Waals surface area (Å²) in [5, 5.41) is 0.101. The van der Waals surface area contributed by atoms with Gasteiger partial charge in [0.15, 0.2) is 5.03 Å². The van der Waals surface area contributed by atoms with E-state index in [0.717, 1.165) is 18.7 Å². The second kappa shape index (κ2) is 6.00. The molecule has 1 saturated heterocycles. The van der Waals surface area contributed by atoms with Gasteiger partial charge in [0.25, 0.3) is 10.0 Å². The van der Waals surface area contributed by atoms with Gasteiger partial charge in [0, 0.05) is 44.5 Å². The van der Waals surface area contributed by atoms with E-state index >= 15 is 0 Å². The SMILES string of the molecule is CC(C)(C)N1CCN(S(=O)(=O)c2ccc(CN)cn2)CC1. The smallest absolute Gasteiger partial charge is 0.260 e. The maximum absolute atomic E-state index is 12.6. The third-order valence-electron chi connectivity index (χ3n) is 3.82. The molecule has 1 aliphatic heterocycles. The molecule has 1 aliphatic rings. The van der Waals surface area contributed by atoms with Gasteiger partial charge in [-0.3, -0.25) is 4.90 Å². The Morgan fingerprint density at radius 3 is 2.24 bits per heavy atom. The summed E-state index contributed by atoms with van der Waals surface area (Å²) in [6, 6.07) is 3.25. The van der Waals surface area contributed by atoms with Crippen molar-refractivity contribution in [1.82, 2.24) is 14.2 Å². The molecule has 0 saturated carbocycles. The van der Waals surface area contributed by atoms with E-state index in [-0.39, 0.29) is 10.6 Å². The molecule has 0 bridgehead atoms. The molecule has 0 aliphatic carbocycles. The number of nitrogens with zero attached hydrogens (tertiary/aromatic N) is 3. The van der Waals surface area contributed by atoms with Crippen molar-refractivity contribution in [2.24, 2.45) is 5.73 Å². The average Bonchev–Trinajstić information content (AvgIpc) is 2.46. The van der Waals surface area contributed by atoms with E-state index in [1.165, 1.54) is 16.6 Å². The third kappa shape index (κ3) is 3.60. The molecule has 1 fully saturated rings. The lowest BCUT2D eigenvalue weighted by Gasteiger charge is -2.41. The number of hydrogen-bond acceptors (Lipinski definition) is 5. The van der Waals surface area contributed by atoms with Gasteiger partial charge >= 0.3 is 0 Å². The molecule has 1 aromatic heterocycles. The van der Waals surface area contributed by atoms with Crippen LogP contribution >= 0.6 is 0 Å². The topological polar surface area (TPSA) is 79.5 Å². The van der Waals surface area contributed by atoms with Gasteiger partial charge in [0.1, 0.15) is 0 Å². The van der Waals surface area contributed by atoms with Crippen LogP contribution in [-0.4, -0.2) is 54.3 Å². The van der Waals surface area contributed by atoms with Crippen LogP contribution in [0.4, 0.5) is 0 Å². The molecule has 0 radical (unpaired) electrons. The first-order chi connectivity index (χ1) is 9.75. The van der Waals surface area contributed by atoms with Crippen LogP contribution < -0.4 is 5.73 Å². The zero-order valence-corrected chi connectivity index (χ0v) is 13.7. The Bertz CT molecular complexity index is 570. The first-order valence-corrected chi connectivity index (χ1v) is 8.59. The highest BCUT2D eigenvalue weighted by atomic mass is 32.2. The lowest BCUT2D eigenvalue weighted by atomic mass is 10.1. The maximum Gasteiger partial charge on any atom is 0.260 e. The van der Waals surface area contributed by atoms with Crippen LogP contribution in [0.15, 0.2) is 23.4 Å². The summed E-state index contributed by atoms with van der Waals surface area (Å²) in [7, 11) is -3.50. The minimum atomic E-state index is -3.50. The summed E-state index contributed by atoms with van der Waals surface area (Å²) < 4.78 is 26.6. The van der Waals surface area contributed by atoms with E-state index in [1.54, 1.807) is 6.07 Å². The van der Waals surface area contributed by atoms with Crippen LogP contribution in [0.2, 0.25) is 0 Å². The Morgan fingerprint density at radius 1 is 1.19 bits per heavy atom. The molecule has 0 aromatic carbocycles. The van der Waals surface area contributed by atoms with Crippen molar-refractivity contribution in [2.75, 3.05) is 26.2 Å². The number of piperazine rings is 1. The number of hydrogen-bond donors (Lipinski definition) is 1. The Hall–Kier alpha value is -1.02. The molecular formula is C14H24N4O2S. The molecule has 0 amide bonds. The Morgan fingerprint density at radius 2 is 1.81 bits per heavy atom. The third-order valence-corrected chi connectivity index (χ3v) is 5.64. The van der Waals surface area contributed by atoms with E-state index in [1.807, 2.05) is 0 Å². The Labute approximate surface area is 127 Å². The monoisotopic (exact) mass is 312 g/mol. The number of rotatable bonds is 3. The van der Waals surface area contributed by atoms with Crippen LogP contribution in [0.1, 0.15) is 26.3 Å². The Balaban J connectivity index is 2.11. The molecule has 2 rings (SSSR count). The summed E-state index contributed by atoms with van der Waals surface area (Å²) in [6.45, 7) is 9.27. The van der Waals surface area contributed by atoms with Gasteiger partial charge in [-0.25, -0.2) is 13.4 Å². The van der Waals surface area contributed by atoms with Crippen LogP contribution in [0.3, 0.4) is 0 Å². The highest BCUT2D eigenvalue weighted by Gasteiger charge is 2.32. The van der Waals surface area contributed by atoms with E-state index in [4.69, 9.17) is 5.73 Å². The van der Waals surface area contributed by atoms with Crippen LogP contribution in [-0.2, 0) is 16.6 Å². The highest BCUT2D eigenvalue weighted by Crippen LogP contribution is 2.20. The van der Waals surface area contributed by atoms with Gasteiger partial charge < -0.3 is 5.73 Å². The average molecular weight is 312 g/mol. The molecule has 0 unspecified atom stereocenters. The molecule has 0 spiro atoms. The zero-order chi connectivity index (χ0) is 15.7. The van der Waals surface area contributed by atoms with E-state index in [0.29, 0.717) is 19.6 Å². The number of pyridine rings is 1. The molecule has 2 N–H and O–H groups in total. The number of nitrogens with two attached hydrogens (primary N) is 1. The first-order valence-electron chi connectivity index (χ1n) is 7.15. The number of sulfonamides is 1. The predicted molar refractivity (Wildman–Crippen MR) is 82.2 cm³/mol. The van der Waals surface area contributed by atoms with Gasteiger partial charge in [-0.15, -0.1) is 0 Å². The van der Waals surface area contributed by atoms with Crippen molar-refractivity contribution in [1.29, 1.82) is 0 Å². The van der Waals surface area contributed by atoms with Crippen molar-refractivity contribution < 1.29 is 8.42 Å². The summed E-state index contributed by atoms with van der Waals surface area (Å²) in [5.41, 5.74) is 6.39. The van der Waals surface area contributed by atoms with Gasteiger partial charge in [-0.05, 0) is 32.4 Å². The van der Waals surface area contributed by atoms with Gasteiger partial charge in [0.05, 0.1) is 0 Å². The molecule has 1 aromatic rings. The van der Waals surface area contributed by atoms with Crippen molar-refractivity contribution in [3.05, 3.63) is 23.9 Å². The quantitative estimate of drug-likeness (QED) is 0.886. The van der Waals surface area contributed by atoms with Gasteiger partial charge in [0.2, 0.25) is 0 Å². The van der Waals surface area contributed by atoms with E-state index in [2.05, 4.69) is 30.7 Å². The minimum absolute atomic E-state index is 0.0663. The fourth-order valence-electron chi connectivity index (χ4n) is 2.42. The van der Waals surface area contributed by atoms with Crippen molar-refractivity contribution >= 4 is 10.0 Å². The molecule has 6 nitrogen and oxygen atoms in total. The second-order valence-electron chi connectivity index (χ2n) is 6.27. The standard InChI is InChI=1S/C14H24N4O2S/c1-14(2,3)17-6-8-18(9-7-17)21(19,20)13-5-4-12(10-15)11-16-13/h4-5,11H,6-10,15H2,1-3H3. The van der Waals surface area contributed by atoms with E-state index in [9.17, 15) is 8.42 Å².